The first-order valence-corrected chi connectivity index (χ1v) is 18.0. The number of amides is 3. The van der Waals surface area contributed by atoms with Gasteiger partial charge in [-0.25, -0.2) is 14.8 Å². The highest BCUT2D eigenvalue weighted by molar-refractivity contribution is 5.86. The van der Waals surface area contributed by atoms with Crippen LogP contribution in [-0.2, 0) is 39.8 Å². The maximum absolute atomic E-state index is 14.1. The fourth-order valence-corrected chi connectivity index (χ4v) is 7.04. The van der Waals surface area contributed by atoms with Crippen LogP contribution in [0, 0.1) is 17.8 Å². The second-order valence-electron chi connectivity index (χ2n) is 13.8. The SMILES string of the molecule is CC[C@H](C)[C@@H]([C@@H](CC(=O)N1CCCC1[C@H](OC)[C@@H](C)C(=O)NC(Cc1ccccc1)C(=O)OC)OC)N(C)C(=O)C(Nc1ncccn1)C(C)C. The minimum absolute atomic E-state index is 0.0148. The summed E-state index contributed by atoms with van der Waals surface area (Å²) in [5.74, 6) is -1.56. The minimum atomic E-state index is -0.878. The van der Waals surface area contributed by atoms with Gasteiger partial charge in [-0.15, -0.1) is 0 Å². The van der Waals surface area contributed by atoms with E-state index in [-0.39, 0.29) is 48.4 Å². The molecule has 2 aromatic rings. The third kappa shape index (κ3) is 10.9. The maximum atomic E-state index is 14.1. The summed E-state index contributed by atoms with van der Waals surface area (Å²) in [5, 5.41) is 6.05. The van der Waals surface area contributed by atoms with Gasteiger partial charge < -0.3 is 34.6 Å². The van der Waals surface area contributed by atoms with Crippen LogP contribution in [0.5, 0.6) is 0 Å². The Morgan fingerprint density at radius 2 is 1.65 bits per heavy atom. The van der Waals surface area contributed by atoms with Crippen LogP contribution in [0.1, 0.15) is 65.9 Å². The number of rotatable bonds is 19. The van der Waals surface area contributed by atoms with Crippen molar-refractivity contribution in [1.29, 1.82) is 0 Å². The first kappa shape index (κ1) is 41.3. The maximum Gasteiger partial charge on any atom is 0.328 e. The van der Waals surface area contributed by atoms with Gasteiger partial charge in [0.15, 0.2) is 0 Å². The first-order chi connectivity index (χ1) is 24.4. The molecular formula is C38H58N6O7. The Labute approximate surface area is 303 Å². The van der Waals surface area contributed by atoms with Gasteiger partial charge in [-0.1, -0.05) is 71.4 Å². The molecule has 0 saturated carbocycles. The molecule has 0 aliphatic carbocycles. The molecule has 1 aromatic carbocycles. The van der Waals surface area contributed by atoms with Crippen molar-refractivity contribution in [1.82, 2.24) is 25.1 Å². The van der Waals surface area contributed by atoms with Gasteiger partial charge in [-0.3, -0.25) is 14.4 Å². The van der Waals surface area contributed by atoms with Gasteiger partial charge in [-0.05, 0) is 36.3 Å². The average molecular weight is 711 g/mol. The Bertz CT molecular complexity index is 1400. The molecule has 3 amide bonds. The van der Waals surface area contributed by atoms with E-state index in [1.807, 2.05) is 44.2 Å². The van der Waals surface area contributed by atoms with Crippen LogP contribution in [0.3, 0.4) is 0 Å². The van der Waals surface area contributed by atoms with Crippen LogP contribution < -0.4 is 10.6 Å². The Balaban J connectivity index is 1.77. The van der Waals surface area contributed by atoms with Crippen LogP contribution >= 0.6 is 0 Å². The number of ether oxygens (including phenoxy) is 3. The largest absolute Gasteiger partial charge is 0.467 e. The number of carbonyl (C=O) groups is 4. The van der Waals surface area contributed by atoms with Crippen LogP contribution in [0.25, 0.3) is 0 Å². The molecule has 1 saturated heterocycles. The molecule has 0 radical (unpaired) electrons. The number of likely N-dealkylation sites (N-methyl/N-ethyl adjacent to an activating group) is 1. The number of benzene rings is 1. The number of nitrogens with one attached hydrogen (secondary N) is 2. The number of methoxy groups -OCH3 is 3. The molecular weight excluding hydrogens is 652 g/mol. The van der Waals surface area contributed by atoms with Gasteiger partial charge in [0.2, 0.25) is 23.7 Å². The molecule has 51 heavy (non-hydrogen) atoms. The van der Waals surface area contributed by atoms with E-state index < -0.39 is 42.2 Å². The number of aromatic nitrogens is 2. The number of carbonyl (C=O) groups excluding carboxylic acids is 4. The lowest BCUT2D eigenvalue weighted by molar-refractivity contribution is -0.148. The van der Waals surface area contributed by atoms with Crippen LogP contribution in [0.4, 0.5) is 5.95 Å². The number of hydrogen-bond acceptors (Lipinski definition) is 10. The third-order valence-corrected chi connectivity index (χ3v) is 10.1. The van der Waals surface area contributed by atoms with Crippen molar-refractivity contribution in [2.45, 2.75) is 103 Å². The standard InChI is InChI=1S/C38H58N6O7/c1-10-25(4)33(43(6)36(47)32(24(2)3)42-38-39-19-15-20-40-38)30(49-7)23-31(45)44-21-14-18-29(44)34(50-8)26(5)35(46)41-28(37(48)51-9)22-27-16-12-11-13-17-27/h11-13,15-17,19-20,24-26,28-30,32-34H,10,14,18,21-23H2,1-9H3,(H,41,46)(H,39,40,42)/t25-,26+,28?,29?,30+,32?,33-,34+/m0/s1. The van der Waals surface area contributed by atoms with Gasteiger partial charge in [0.05, 0.1) is 43.7 Å². The molecule has 0 bridgehead atoms. The Morgan fingerprint density at radius 1 is 0.980 bits per heavy atom. The number of hydrogen-bond donors (Lipinski definition) is 2. The molecule has 3 rings (SSSR count). The highest BCUT2D eigenvalue weighted by Gasteiger charge is 2.43. The van der Waals surface area contributed by atoms with Crippen molar-refractivity contribution in [2.24, 2.45) is 17.8 Å². The van der Waals surface area contributed by atoms with Crippen LogP contribution in [0.2, 0.25) is 0 Å². The van der Waals surface area contributed by atoms with E-state index >= 15 is 0 Å². The first-order valence-electron chi connectivity index (χ1n) is 18.0. The molecule has 2 heterocycles. The quantitative estimate of drug-likeness (QED) is 0.206. The lowest BCUT2D eigenvalue weighted by Crippen LogP contribution is -2.56. The summed E-state index contributed by atoms with van der Waals surface area (Å²) in [6.45, 7) is 10.3. The predicted molar refractivity (Wildman–Crippen MR) is 194 cm³/mol. The van der Waals surface area contributed by atoms with Crippen LogP contribution in [-0.4, -0.2) is 115 Å². The molecule has 3 unspecified atom stereocenters. The molecule has 0 spiro atoms. The van der Waals surface area contributed by atoms with Gasteiger partial charge in [-0.2, -0.15) is 0 Å². The highest BCUT2D eigenvalue weighted by Crippen LogP contribution is 2.30. The van der Waals surface area contributed by atoms with Gasteiger partial charge in [0.1, 0.15) is 12.1 Å². The summed E-state index contributed by atoms with van der Waals surface area (Å²) < 4.78 is 16.9. The van der Waals surface area contributed by atoms with Crippen molar-refractivity contribution < 1.29 is 33.4 Å². The molecule has 1 aromatic heterocycles. The molecule has 1 fully saturated rings. The van der Waals surface area contributed by atoms with E-state index in [1.54, 1.807) is 49.3 Å². The van der Waals surface area contributed by atoms with E-state index in [0.717, 1.165) is 18.4 Å². The summed E-state index contributed by atoms with van der Waals surface area (Å²) in [4.78, 5) is 66.4. The van der Waals surface area contributed by atoms with Gasteiger partial charge in [0, 0.05) is 46.6 Å². The van der Waals surface area contributed by atoms with E-state index in [4.69, 9.17) is 14.2 Å². The molecule has 13 heteroatoms. The molecule has 282 valence electrons. The fourth-order valence-electron chi connectivity index (χ4n) is 7.04. The van der Waals surface area contributed by atoms with E-state index in [1.165, 1.54) is 14.2 Å². The smallest absolute Gasteiger partial charge is 0.328 e. The van der Waals surface area contributed by atoms with Gasteiger partial charge in [0.25, 0.3) is 0 Å². The number of anilines is 1. The Hall–Kier alpha value is -4.10. The normalized spacial score (nSPS) is 18.5. The highest BCUT2D eigenvalue weighted by atomic mass is 16.5. The molecule has 2 N–H and O–H groups in total. The van der Waals surface area contributed by atoms with Crippen molar-refractivity contribution in [3.8, 4) is 0 Å². The Kier molecular flexibility index (Phi) is 16.3. The van der Waals surface area contributed by atoms with Crippen molar-refractivity contribution in [3.63, 3.8) is 0 Å². The molecule has 8 atom stereocenters. The van der Waals surface area contributed by atoms with E-state index in [0.29, 0.717) is 18.9 Å². The van der Waals surface area contributed by atoms with Gasteiger partial charge >= 0.3 is 5.97 Å². The number of likely N-dealkylation sites (tertiary alicyclic amines) is 1. The van der Waals surface area contributed by atoms with E-state index in [9.17, 15) is 19.2 Å². The summed E-state index contributed by atoms with van der Waals surface area (Å²) in [7, 11) is 6.16. The average Bonchev–Trinajstić information content (AvgIpc) is 3.63. The lowest BCUT2D eigenvalue weighted by Gasteiger charge is -2.40. The summed E-state index contributed by atoms with van der Waals surface area (Å²) >= 11 is 0. The zero-order valence-corrected chi connectivity index (χ0v) is 31.7. The van der Waals surface area contributed by atoms with E-state index in [2.05, 4.69) is 34.4 Å². The molecule has 1 aliphatic heterocycles. The number of esters is 1. The summed E-state index contributed by atoms with van der Waals surface area (Å²) in [6.07, 6.45) is 4.50. The predicted octanol–water partition coefficient (Wildman–Crippen LogP) is 3.73. The van der Waals surface area contributed by atoms with Crippen molar-refractivity contribution in [2.75, 3.05) is 40.2 Å². The third-order valence-electron chi connectivity index (χ3n) is 10.1. The zero-order chi connectivity index (χ0) is 37.7. The van der Waals surface area contributed by atoms with Crippen molar-refractivity contribution >= 4 is 29.6 Å². The molecule has 13 nitrogen and oxygen atoms in total. The zero-order valence-electron chi connectivity index (χ0n) is 31.7. The second-order valence-corrected chi connectivity index (χ2v) is 13.8. The fraction of sp³-hybridized carbons (Fsp3) is 0.632. The summed E-state index contributed by atoms with van der Waals surface area (Å²) in [6, 6.07) is 8.87. The monoisotopic (exact) mass is 710 g/mol. The van der Waals surface area contributed by atoms with Crippen LogP contribution in [0.15, 0.2) is 48.8 Å². The summed E-state index contributed by atoms with van der Waals surface area (Å²) in [5.41, 5.74) is 0.883. The lowest BCUT2D eigenvalue weighted by atomic mass is 9.89. The topological polar surface area (TPSA) is 152 Å². The second kappa shape index (κ2) is 20.1. The van der Waals surface area contributed by atoms with Crippen molar-refractivity contribution in [3.05, 3.63) is 54.4 Å². The molecule has 1 aliphatic rings. The Morgan fingerprint density at radius 3 is 2.22 bits per heavy atom. The number of nitrogens with zero attached hydrogens (tertiary/aromatic N) is 4. The minimum Gasteiger partial charge on any atom is -0.467 e.